The topological polar surface area (TPSA) is 6.25 Å². The van der Waals surface area contributed by atoms with Crippen LogP contribution in [0.15, 0.2) is 103 Å². The first-order valence-electron chi connectivity index (χ1n) is 13.4. The molecule has 0 spiro atoms. The summed E-state index contributed by atoms with van der Waals surface area (Å²) in [6.07, 6.45) is 6.60. The van der Waals surface area contributed by atoms with Gasteiger partial charge in [-0.3, -0.25) is 0 Å². The SMILES string of the molecule is CN1C(=CC=CC2=[N+](C)c3ccccc3C2(C)C)C(C)(Cc2c(F)cccc2F)c2c1ccc1ccccc21. The molecule has 0 N–H and O–H groups in total. The zero-order valence-corrected chi connectivity index (χ0v) is 23.1. The molecule has 4 heteroatoms. The number of allylic oxidation sites excluding steroid dienone is 4. The fourth-order valence-electron chi connectivity index (χ4n) is 6.81. The molecule has 0 fully saturated rings. The van der Waals surface area contributed by atoms with Crippen molar-refractivity contribution in [3.8, 4) is 0 Å². The van der Waals surface area contributed by atoms with E-state index < -0.39 is 17.0 Å². The first-order valence-corrected chi connectivity index (χ1v) is 13.4. The van der Waals surface area contributed by atoms with Gasteiger partial charge in [-0.1, -0.05) is 60.7 Å². The van der Waals surface area contributed by atoms with Gasteiger partial charge in [0.15, 0.2) is 5.71 Å². The summed E-state index contributed by atoms with van der Waals surface area (Å²) in [4.78, 5) is 2.17. The molecular weight excluding hydrogens is 486 g/mol. The largest absolute Gasteiger partial charge is 0.347 e. The first kappa shape index (κ1) is 25.2. The van der Waals surface area contributed by atoms with Gasteiger partial charge in [-0.15, -0.1) is 0 Å². The van der Waals surface area contributed by atoms with Gasteiger partial charge < -0.3 is 4.90 Å². The lowest BCUT2D eigenvalue weighted by Gasteiger charge is -2.30. The van der Waals surface area contributed by atoms with Crippen LogP contribution < -0.4 is 4.90 Å². The third-order valence-corrected chi connectivity index (χ3v) is 8.79. The molecule has 2 heterocycles. The molecule has 196 valence electrons. The Hall–Kier alpha value is -4.05. The Bertz CT molecular complexity index is 1710. The van der Waals surface area contributed by atoms with E-state index >= 15 is 8.78 Å². The van der Waals surface area contributed by atoms with Crippen LogP contribution in [0.2, 0.25) is 0 Å². The highest BCUT2D eigenvalue weighted by atomic mass is 19.1. The van der Waals surface area contributed by atoms with Crippen molar-refractivity contribution in [3.05, 3.63) is 131 Å². The number of hydrogen-bond donors (Lipinski definition) is 0. The van der Waals surface area contributed by atoms with E-state index in [0.717, 1.165) is 27.7 Å². The van der Waals surface area contributed by atoms with Crippen LogP contribution in [0.1, 0.15) is 37.5 Å². The molecule has 4 aromatic carbocycles. The molecule has 0 saturated heterocycles. The number of nitrogens with zero attached hydrogens (tertiary/aromatic N) is 2. The lowest BCUT2D eigenvalue weighted by Crippen LogP contribution is -2.30. The van der Waals surface area contributed by atoms with E-state index in [9.17, 15) is 0 Å². The van der Waals surface area contributed by atoms with Gasteiger partial charge in [0.25, 0.3) is 0 Å². The number of hydrogen-bond acceptors (Lipinski definition) is 1. The van der Waals surface area contributed by atoms with E-state index in [1.165, 1.54) is 35.2 Å². The molecule has 0 amide bonds. The molecule has 0 aromatic heterocycles. The fourth-order valence-corrected chi connectivity index (χ4v) is 6.81. The van der Waals surface area contributed by atoms with Crippen molar-refractivity contribution in [3.63, 3.8) is 0 Å². The van der Waals surface area contributed by atoms with Gasteiger partial charge in [0, 0.05) is 47.1 Å². The van der Waals surface area contributed by atoms with Crippen LogP contribution in [0.4, 0.5) is 20.2 Å². The molecule has 0 radical (unpaired) electrons. The molecule has 4 aromatic rings. The highest BCUT2D eigenvalue weighted by molar-refractivity contribution is 6.03. The predicted molar refractivity (Wildman–Crippen MR) is 157 cm³/mol. The summed E-state index contributed by atoms with van der Waals surface area (Å²) in [5.74, 6) is -1.02. The second-order valence-electron chi connectivity index (χ2n) is 11.4. The molecule has 0 aliphatic carbocycles. The molecule has 6 rings (SSSR count). The Kier molecular flexibility index (Phi) is 5.83. The summed E-state index contributed by atoms with van der Waals surface area (Å²) < 4.78 is 32.3. The van der Waals surface area contributed by atoms with Gasteiger partial charge in [-0.25, -0.2) is 8.78 Å². The van der Waals surface area contributed by atoms with Crippen LogP contribution in [-0.2, 0) is 17.3 Å². The van der Waals surface area contributed by atoms with E-state index in [2.05, 4.69) is 104 Å². The number of anilines is 1. The average molecular weight is 520 g/mol. The normalized spacial score (nSPS) is 20.9. The summed E-state index contributed by atoms with van der Waals surface area (Å²) in [6, 6.07) is 25.1. The Labute approximate surface area is 229 Å². The van der Waals surface area contributed by atoms with E-state index in [1.54, 1.807) is 0 Å². The summed E-state index contributed by atoms with van der Waals surface area (Å²) in [7, 11) is 4.15. The number of fused-ring (bicyclic) bond motifs is 4. The zero-order chi connectivity index (χ0) is 27.5. The van der Waals surface area contributed by atoms with Crippen molar-refractivity contribution in [2.75, 3.05) is 19.0 Å². The van der Waals surface area contributed by atoms with E-state index in [-0.39, 0.29) is 17.4 Å². The summed E-state index contributed by atoms with van der Waals surface area (Å²) in [5, 5.41) is 2.22. The standard InChI is InChI=1S/C35H33F2N2/c1-34(2)26-14-8-9-17-29(26)38(4)31(34)18-11-19-32-35(3,22-25-27(36)15-10-16-28(25)37)33-24-13-7-6-12-23(24)20-21-30(33)39(32)5/h6-21H,22H2,1-5H3/q+1. The van der Waals surface area contributed by atoms with Gasteiger partial charge >= 0.3 is 0 Å². The molecule has 39 heavy (non-hydrogen) atoms. The van der Waals surface area contributed by atoms with Gasteiger partial charge in [0.1, 0.15) is 18.7 Å². The molecule has 0 saturated carbocycles. The highest BCUT2D eigenvalue weighted by Crippen LogP contribution is 2.52. The maximum Gasteiger partial charge on any atom is 0.209 e. The fraction of sp³-hybridized carbons (Fsp3) is 0.229. The number of benzene rings is 4. The van der Waals surface area contributed by atoms with Crippen molar-refractivity contribution >= 4 is 27.9 Å². The molecule has 2 aliphatic rings. The van der Waals surface area contributed by atoms with Crippen molar-refractivity contribution in [2.45, 2.75) is 38.0 Å². The Morgan fingerprint density at radius 3 is 2.28 bits per heavy atom. The van der Waals surface area contributed by atoms with Crippen LogP contribution in [0.5, 0.6) is 0 Å². The summed E-state index contributed by atoms with van der Waals surface area (Å²) in [6.45, 7) is 6.61. The molecule has 1 unspecified atom stereocenters. The number of likely N-dealkylation sites (N-methyl/N-ethyl adjacent to an activating group) is 1. The van der Waals surface area contributed by atoms with Gasteiger partial charge in [0.2, 0.25) is 5.69 Å². The van der Waals surface area contributed by atoms with E-state index in [1.807, 2.05) is 19.2 Å². The maximum absolute atomic E-state index is 15.0. The van der Waals surface area contributed by atoms with Crippen molar-refractivity contribution in [1.82, 2.24) is 0 Å². The minimum atomic E-state index is -0.650. The lowest BCUT2D eigenvalue weighted by atomic mass is 9.74. The number of halogens is 2. The van der Waals surface area contributed by atoms with Crippen LogP contribution in [-0.4, -0.2) is 24.4 Å². The van der Waals surface area contributed by atoms with Crippen molar-refractivity contribution < 1.29 is 13.4 Å². The molecule has 2 nitrogen and oxygen atoms in total. The van der Waals surface area contributed by atoms with Crippen molar-refractivity contribution in [2.24, 2.45) is 0 Å². The minimum Gasteiger partial charge on any atom is -0.347 e. The highest BCUT2D eigenvalue weighted by Gasteiger charge is 2.45. The monoisotopic (exact) mass is 519 g/mol. The number of para-hydroxylation sites is 1. The first-order chi connectivity index (χ1) is 18.6. The summed E-state index contributed by atoms with van der Waals surface area (Å²) >= 11 is 0. The van der Waals surface area contributed by atoms with Crippen LogP contribution in [0, 0.1) is 11.6 Å². The molecular formula is C35H33F2N2+. The Morgan fingerprint density at radius 2 is 1.54 bits per heavy atom. The Morgan fingerprint density at radius 1 is 0.846 bits per heavy atom. The van der Waals surface area contributed by atoms with Crippen LogP contribution >= 0.6 is 0 Å². The minimum absolute atomic E-state index is 0.116. The molecule has 0 bridgehead atoms. The molecule has 2 aliphatic heterocycles. The van der Waals surface area contributed by atoms with Gasteiger partial charge in [-0.2, -0.15) is 4.58 Å². The lowest BCUT2D eigenvalue weighted by molar-refractivity contribution is -0.401. The average Bonchev–Trinajstić information content (AvgIpc) is 3.26. The van der Waals surface area contributed by atoms with Gasteiger partial charge in [0.05, 0.1) is 5.41 Å². The van der Waals surface area contributed by atoms with Crippen LogP contribution in [0.25, 0.3) is 10.8 Å². The summed E-state index contributed by atoms with van der Waals surface area (Å²) in [5.41, 5.74) is 6.21. The zero-order valence-electron chi connectivity index (χ0n) is 23.1. The Balaban J connectivity index is 1.50. The predicted octanol–water partition coefficient (Wildman–Crippen LogP) is 8.21. The van der Waals surface area contributed by atoms with Crippen LogP contribution in [0.3, 0.4) is 0 Å². The maximum atomic E-state index is 15.0. The second-order valence-corrected chi connectivity index (χ2v) is 11.4. The van der Waals surface area contributed by atoms with Crippen molar-refractivity contribution in [1.29, 1.82) is 0 Å². The van der Waals surface area contributed by atoms with Gasteiger partial charge in [-0.05, 0) is 67.8 Å². The third-order valence-electron chi connectivity index (χ3n) is 8.79. The molecule has 1 atom stereocenters. The second kappa shape index (κ2) is 9.01. The quantitative estimate of drug-likeness (QED) is 0.246. The van der Waals surface area contributed by atoms with E-state index in [0.29, 0.717) is 0 Å². The third kappa shape index (κ3) is 3.76. The number of rotatable bonds is 4. The van der Waals surface area contributed by atoms with E-state index in [4.69, 9.17) is 0 Å². The smallest absolute Gasteiger partial charge is 0.209 e.